The van der Waals surface area contributed by atoms with E-state index in [4.69, 9.17) is 37.9 Å². The van der Waals surface area contributed by atoms with Gasteiger partial charge in [-0.2, -0.15) is 0 Å². The third kappa shape index (κ3) is 16.7. The Morgan fingerprint density at radius 2 is 0.425 bits per heavy atom. The Bertz CT molecular complexity index is 4500. The smallest absolute Gasteiger partial charge is 0.338 e. The van der Waals surface area contributed by atoms with Crippen molar-refractivity contribution in [2.75, 3.05) is 26.4 Å². The summed E-state index contributed by atoms with van der Waals surface area (Å²) in [6, 6.07) is 42.0. The zero-order chi connectivity index (χ0) is 82.7. The molecule has 0 spiro atoms. The van der Waals surface area contributed by atoms with Gasteiger partial charge in [-0.3, -0.25) is 19.2 Å². The Labute approximate surface area is 665 Å². The largest absolute Gasteiger partial charge is 0.461 e. The summed E-state index contributed by atoms with van der Waals surface area (Å²) in [6.07, 6.45) is 0. The second-order valence-electron chi connectivity index (χ2n) is 39.5. The van der Waals surface area contributed by atoms with Crippen molar-refractivity contribution in [3.8, 4) is 23.0 Å². The molecule has 4 atom stereocenters. The molecule has 4 aliphatic rings. The highest BCUT2D eigenvalue weighted by Gasteiger charge is 2.46. The molecule has 113 heavy (non-hydrogen) atoms. The Hall–Kier alpha value is -10.5. The number of carbonyl (C=O) groups excluding carboxylic acids is 8. The molecule has 12 rings (SSSR count). The Morgan fingerprint density at radius 3 is 0.575 bits per heavy atom. The number of hydrogen-bond donors (Lipinski definition) is 0. The van der Waals surface area contributed by atoms with Gasteiger partial charge < -0.3 is 37.9 Å². The van der Waals surface area contributed by atoms with Gasteiger partial charge in [0, 0.05) is 44.5 Å². The molecule has 8 aromatic carbocycles. The van der Waals surface area contributed by atoms with E-state index in [1.807, 2.05) is 24.3 Å². The first-order valence-electron chi connectivity index (χ1n) is 39.0. The summed E-state index contributed by atoms with van der Waals surface area (Å²) >= 11 is 0. The second kappa shape index (κ2) is 29.2. The predicted octanol–water partition coefficient (Wildman–Crippen LogP) is 20.0. The van der Waals surface area contributed by atoms with Crippen LogP contribution < -0.4 is 18.9 Å². The van der Waals surface area contributed by atoms with Gasteiger partial charge >= 0.3 is 47.8 Å². The zero-order valence-electron chi connectivity index (χ0n) is 70.0. The minimum absolute atomic E-state index is 0.0633. The average molecular weight is 1530 g/mol. The molecule has 0 aromatic heterocycles. The first-order valence-corrected chi connectivity index (χ1v) is 39.0. The molecule has 0 radical (unpaired) electrons. The third-order valence-corrected chi connectivity index (χ3v) is 22.1. The SMILES string of the molecule is CC(C)(C)c1cc2c(c(C(C)(C)C)c1)OC(=O)C2c1ccc(C(=O)OCC(COC(=O)c2ccc(C3C(=O)Oc4c3cc(C(C)(C)C)cc4C(C)(C)C)cc2)(COC(=O)c2ccc(C3C(=O)Oc4c3cc(C(C)(C)C)cc4C(C)(C)C)cc2)COC(=O)c2ccc(C3C(=O)Oc4c3cc(C(C)(C)C)cc4C(C)(C)C)cc2)cc1. The van der Waals surface area contributed by atoms with Crippen molar-refractivity contribution in [2.45, 2.75) is 233 Å². The maximum Gasteiger partial charge on any atom is 0.338 e. The number of rotatable bonds is 16. The van der Waals surface area contributed by atoms with E-state index in [9.17, 15) is 38.4 Å². The van der Waals surface area contributed by atoms with Gasteiger partial charge in [0.15, 0.2) is 0 Å². The molecule has 0 bridgehead atoms. The lowest BCUT2D eigenvalue weighted by Gasteiger charge is -2.31. The van der Waals surface area contributed by atoms with Gasteiger partial charge in [0.25, 0.3) is 0 Å². The van der Waals surface area contributed by atoms with E-state index in [0.717, 1.165) is 44.5 Å². The summed E-state index contributed by atoms with van der Waals surface area (Å²) in [5.74, 6) is -6.53. The van der Waals surface area contributed by atoms with E-state index >= 15 is 0 Å². The molecule has 592 valence electrons. The second-order valence-corrected chi connectivity index (χ2v) is 39.5. The lowest BCUT2D eigenvalue weighted by Crippen LogP contribution is -2.44. The molecule has 0 N–H and O–H groups in total. The first-order chi connectivity index (χ1) is 52.3. The number of carbonyl (C=O) groups is 8. The normalized spacial score (nSPS) is 17.6. The first kappa shape index (κ1) is 82.0. The van der Waals surface area contributed by atoms with Crippen LogP contribution in [0.3, 0.4) is 0 Å². The van der Waals surface area contributed by atoms with Crippen molar-refractivity contribution in [1.29, 1.82) is 0 Å². The topological polar surface area (TPSA) is 210 Å². The fraction of sp³-hybridized carbons (Fsp3) is 0.423. The maximum absolute atomic E-state index is 14.8. The quantitative estimate of drug-likeness (QED) is 0.0500. The van der Waals surface area contributed by atoms with E-state index in [1.165, 1.54) is 48.5 Å². The number of benzene rings is 8. The molecule has 16 nitrogen and oxygen atoms in total. The highest BCUT2D eigenvalue weighted by atomic mass is 16.6. The van der Waals surface area contributed by atoms with Crippen LogP contribution in [0.25, 0.3) is 0 Å². The van der Waals surface area contributed by atoms with E-state index in [-0.39, 0.29) is 65.6 Å². The fourth-order valence-corrected chi connectivity index (χ4v) is 15.0. The minimum atomic E-state index is -1.88. The van der Waals surface area contributed by atoms with Gasteiger partial charge in [-0.15, -0.1) is 0 Å². The van der Waals surface area contributed by atoms with E-state index < -0.39 is 103 Å². The van der Waals surface area contributed by atoms with E-state index in [0.29, 0.717) is 67.5 Å². The van der Waals surface area contributed by atoms with Crippen LogP contribution in [-0.2, 0) is 81.4 Å². The maximum atomic E-state index is 14.8. The molecule has 16 heteroatoms. The molecular weight excluding hydrogens is 1420 g/mol. The summed E-state index contributed by atoms with van der Waals surface area (Å²) in [4.78, 5) is 115. The van der Waals surface area contributed by atoms with Gasteiger partial charge in [0.2, 0.25) is 0 Å². The van der Waals surface area contributed by atoms with Crippen LogP contribution in [0.1, 0.15) is 320 Å². The Morgan fingerprint density at radius 1 is 0.257 bits per heavy atom. The van der Waals surface area contributed by atoms with Crippen LogP contribution in [0.15, 0.2) is 146 Å². The van der Waals surface area contributed by atoms with E-state index in [1.54, 1.807) is 48.5 Å². The number of fused-ring (bicyclic) bond motifs is 4. The van der Waals surface area contributed by atoms with Crippen LogP contribution in [-0.4, -0.2) is 74.2 Å². The average Bonchev–Trinajstić information content (AvgIpc) is 1.64. The third-order valence-electron chi connectivity index (χ3n) is 22.1. The van der Waals surface area contributed by atoms with Crippen LogP contribution in [0.4, 0.5) is 0 Å². The lowest BCUT2D eigenvalue weighted by atomic mass is 9.77. The van der Waals surface area contributed by atoms with Crippen molar-refractivity contribution < 1.29 is 76.3 Å². The number of esters is 8. The van der Waals surface area contributed by atoms with Crippen molar-refractivity contribution in [1.82, 2.24) is 0 Å². The summed E-state index contributed by atoms with van der Waals surface area (Å²) in [7, 11) is 0. The van der Waals surface area contributed by atoms with Crippen LogP contribution in [0.2, 0.25) is 0 Å². The van der Waals surface area contributed by atoms with Crippen LogP contribution in [0, 0.1) is 5.41 Å². The van der Waals surface area contributed by atoms with Gasteiger partial charge in [0.1, 0.15) is 78.5 Å². The Balaban J connectivity index is 0.889. The highest BCUT2D eigenvalue weighted by molar-refractivity contribution is 5.96. The van der Waals surface area contributed by atoms with Gasteiger partial charge in [-0.25, -0.2) is 19.2 Å². The minimum Gasteiger partial charge on any atom is -0.461 e. The molecule has 8 aromatic rings. The number of hydrogen-bond acceptors (Lipinski definition) is 16. The van der Waals surface area contributed by atoms with Gasteiger partial charge in [-0.1, -0.05) is 263 Å². The summed E-state index contributed by atoms with van der Waals surface area (Å²) in [5.41, 5.74) is 8.61. The van der Waals surface area contributed by atoms with Crippen molar-refractivity contribution >= 4 is 47.8 Å². The summed E-state index contributed by atoms with van der Waals surface area (Å²) < 4.78 is 49.2. The molecule has 0 saturated heterocycles. The lowest BCUT2D eigenvalue weighted by molar-refractivity contribution is -0.134. The molecule has 0 aliphatic carbocycles. The van der Waals surface area contributed by atoms with Gasteiger partial charge in [-0.05, 0) is 136 Å². The highest BCUT2D eigenvalue weighted by Crippen LogP contribution is 2.53. The Kier molecular flexibility index (Phi) is 21.2. The molecule has 0 saturated carbocycles. The van der Waals surface area contributed by atoms with Crippen molar-refractivity contribution in [3.05, 3.63) is 257 Å². The van der Waals surface area contributed by atoms with E-state index in [2.05, 4.69) is 190 Å². The fourth-order valence-electron chi connectivity index (χ4n) is 15.0. The standard InChI is InChI=1S/C97H108O16/c1-89(2,3)61-41-65-73(85(102)110-77(65)69(45-61)93(13,14)15)53-25-33-57(34-26-53)81(98)106-49-97(50-107-82(99)58-35-27-54(28-36-58)74-66-42-62(90(4,5)6)46-70(94(16,17)18)78(66)111-86(74)103,51-108-83(100)59-37-29-55(30-38-59)75-67-43-63(91(7,8)9)47-71(95(19,20)21)79(67)112-87(75)104)52-109-84(101)60-39-31-56(32-40-60)76-68-44-64(92(10,11)12)48-72(96(22,23)24)80(68)113-88(76)105/h25-48,73-76H,49-52H2,1-24H3. The van der Waals surface area contributed by atoms with Crippen molar-refractivity contribution in [2.24, 2.45) is 5.41 Å². The molecule has 0 amide bonds. The molecular formula is C97H108O16. The summed E-state index contributed by atoms with van der Waals surface area (Å²) in [5, 5.41) is 0. The monoisotopic (exact) mass is 1530 g/mol. The molecule has 0 fully saturated rings. The van der Waals surface area contributed by atoms with Crippen LogP contribution in [0.5, 0.6) is 23.0 Å². The molecule has 4 heterocycles. The zero-order valence-corrected chi connectivity index (χ0v) is 70.0. The van der Waals surface area contributed by atoms with Crippen molar-refractivity contribution in [3.63, 3.8) is 0 Å². The molecule has 4 aliphatic heterocycles. The molecule has 4 unspecified atom stereocenters. The predicted molar refractivity (Wildman–Crippen MR) is 435 cm³/mol. The van der Waals surface area contributed by atoms with Crippen LogP contribution >= 0.6 is 0 Å². The number of ether oxygens (including phenoxy) is 8. The summed E-state index contributed by atoms with van der Waals surface area (Å²) in [6.45, 7) is 47.4. The van der Waals surface area contributed by atoms with Gasteiger partial charge in [0.05, 0.1) is 22.3 Å².